The molecule has 0 heterocycles. The second-order valence-electron chi connectivity index (χ2n) is 8.26. The summed E-state index contributed by atoms with van der Waals surface area (Å²) >= 11 is 0. The molecule has 0 bridgehead atoms. The van der Waals surface area contributed by atoms with Crippen molar-refractivity contribution in [2.24, 2.45) is 5.41 Å². The van der Waals surface area contributed by atoms with Crippen LogP contribution in [-0.2, 0) is 20.7 Å². The molecule has 1 aliphatic carbocycles. The molecule has 1 atom stereocenters. The number of unbranched alkanes of at least 4 members (excludes halogenated alkanes) is 4. The van der Waals surface area contributed by atoms with E-state index in [0.717, 1.165) is 24.8 Å². The van der Waals surface area contributed by atoms with E-state index in [1.807, 2.05) is 19.1 Å². The van der Waals surface area contributed by atoms with E-state index in [1.165, 1.54) is 31.2 Å². The average molecular weight is 408 g/mol. The van der Waals surface area contributed by atoms with Crippen LogP contribution in [0.3, 0.4) is 0 Å². The van der Waals surface area contributed by atoms with Gasteiger partial charge in [-0.05, 0) is 49.5 Å². The van der Waals surface area contributed by atoms with Crippen LogP contribution in [0.1, 0.15) is 83.3 Å². The summed E-state index contributed by atoms with van der Waals surface area (Å²) in [6, 6.07) is 10.2. The molecule has 1 aromatic rings. The van der Waals surface area contributed by atoms with Crippen LogP contribution in [0.25, 0.3) is 5.57 Å². The SMILES string of the molecule is CCCCCCc1ccc(C2=CC=C(OC(=O)C(C)(C#N)CCCC)CC2=O)cc1. The van der Waals surface area contributed by atoms with Crippen molar-refractivity contribution >= 4 is 17.3 Å². The number of hydrogen-bond donors (Lipinski definition) is 0. The summed E-state index contributed by atoms with van der Waals surface area (Å²) in [6.07, 6.45) is 11.5. The van der Waals surface area contributed by atoms with Gasteiger partial charge in [-0.1, -0.05) is 70.2 Å². The van der Waals surface area contributed by atoms with E-state index in [2.05, 4.69) is 25.1 Å². The van der Waals surface area contributed by atoms with Gasteiger partial charge < -0.3 is 4.74 Å². The van der Waals surface area contributed by atoms with Crippen molar-refractivity contribution in [3.05, 3.63) is 53.3 Å². The summed E-state index contributed by atoms with van der Waals surface area (Å²) in [4.78, 5) is 25.1. The summed E-state index contributed by atoms with van der Waals surface area (Å²) in [5.74, 6) is -0.357. The van der Waals surface area contributed by atoms with Gasteiger partial charge in [0.1, 0.15) is 5.76 Å². The lowest BCUT2D eigenvalue weighted by atomic mass is 9.86. The van der Waals surface area contributed by atoms with E-state index < -0.39 is 11.4 Å². The van der Waals surface area contributed by atoms with E-state index >= 15 is 0 Å². The van der Waals surface area contributed by atoms with Gasteiger partial charge in [-0.3, -0.25) is 4.79 Å². The number of ether oxygens (including phenoxy) is 1. The lowest BCUT2D eigenvalue weighted by molar-refractivity contribution is -0.148. The highest BCUT2D eigenvalue weighted by molar-refractivity contribution is 6.22. The van der Waals surface area contributed by atoms with Crippen molar-refractivity contribution in [3.8, 4) is 6.07 Å². The number of esters is 1. The Morgan fingerprint density at radius 2 is 1.77 bits per heavy atom. The maximum Gasteiger partial charge on any atom is 0.331 e. The van der Waals surface area contributed by atoms with Crippen molar-refractivity contribution in [3.63, 3.8) is 0 Å². The number of allylic oxidation sites excluding steroid dienone is 4. The largest absolute Gasteiger partial charge is 0.429 e. The summed E-state index contributed by atoms with van der Waals surface area (Å²) in [6.45, 7) is 5.82. The Morgan fingerprint density at radius 1 is 1.07 bits per heavy atom. The second-order valence-corrected chi connectivity index (χ2v) is 8.26. The Bertz CT molecular complexity index is 842. The molecule has 4 nitrogen and oxygen atoms in total. The molecule has 4 heteroatoms. The monoisotopic (exact) mass is 407 g/mol. The Morgan fingerprint density at radius 3 is 2.37 bits per heavy atom. The van der Waals surface area contributed by atoms with Crippen LogP contribution in [0.2, 0.25) is 0 Å². The quantitative estimate of drug-likeness (QED) is 0.318. The molecule has 0 aromatic heterocycles. The third-order valence-electron chi connectivity index (χ3n) is 5.61. The number of aryl methyl sites for hydroxylation is 1. The predicted molar refractivity (Wildman–Crippen MR) is 119 cm³/mol. The highest BCUT2D eigenvalue weighted by Crippen LogP contribution is 2.29. The number of Topliss-reactive ketones (excluding diaryl/α,β-unsaturated/α-hetero) is 1. The minimum atomic E-state index is -1.18. The summed E-state index contributed by atoms with van der Waals surface area (Å²) in [7, 11) is 0. The van der Waals surface area contributed by atoms with Crippen LogP contribution in [0, 0.1) is 16.7 Å². The van der Waals surface area contributed by atoms with Gasteiger partial charge in [-0.15, -0.1) is 0 Å². The molecule has 160 valence electrons. The van der Waals surface area contributed by atoms with Crippen LogP contribution in [0.5, 0.6) is 0 Å². The maximum atomic E-state index is 12.6. The molecule has 0 aliphatic heterocycles. The molecule has 0 saturated heterocycles. The third-order valence-corrected chi connectivity index (χ3v) is 5.61. The van der Waals surface area contributed by atoms with E-state index in [-0.39, 0.29) is 12.2 Å². The van der Waals surface area contributed by atoms with Crippen LogP contribution in [0.4, 0.5) is 0 Å². The Labute approximate surface area is 180 Å². The highest BCUT2D eigenvalue weighted by atomic mass is 16.5. The van der Waals surface area contributed by atoms with Gasteiger partial charge in [0, 0.05) is 5.57 Å². The van der Waals surface area contributed by atoms with Crippen LogP contribution in [0.15, 0.2) is 42.2 Å². The van der Waals surface area contributed by atoms with Gasteiger partial charge in [0.05, 0.1) is 12.5 Å². The van der Waals surface area contributed by atoms with Crippen molar-refractivity contribution in [1.82, 2.24) is 0 Å². The Hall–Kier alpha value is -2.67. The first-order chi connectivity index (χ1) is 14.4. The fourth-order valence-electron chi connectivity index (χ4n) is 3.48. The zero-order chi connectivity index (χ0) is 22.0. The lowest BCUT2D eigenvalue weighted by Gasteiger charge is -2.21. The molecule has 1 unspecified atom stereocenters. The number of nitriles is 1. The smallest absolute Gasteiger partial charge is 0.331 e. The Kier molecular flexibility index (Phi) is 9.05. The molecule has 2 rings (SSSR count). The van der Waals surface area contributed by atoms with Gasteiger partial charge in [-0.2, -0.15) is 5.26 Å². The molecular weight excluding hydrogens is 374 g/mol. The van der Waals surface area contributed by atoms with Gasteiger partial charge in [0.15, 0.2) is 11.2 Å². The first-order valence-electron chi connectivity index (χ1n) is 11.1. The van der Waals surface area contributed by atoms with Gasteiger partial charge >= 0.3 is 5.97 Å². The van der Waals surface area contributed by atoms with Crippen LogP contribution >= 0.6 is 0 Å². The molecule has 0 fully saturated rings. The minimum absolute atomic E-state index is 0.0334. The molecular formula is C26H33NO3. The number of carbonyl (C=O) groups excluding carboxylic acids is 2. The zero-order valence-corrected chi connectivity index (χ0v) is 18.5. The van der Waals surface area contributed by atoms with Gasteiger partial charge in [-0.25, -0.2) is 4.79 Å². The van der Waals surface area contributed by atoms with Crippen molar-refractivity contribution < 1.29 is 14.3 Å². The van der Waals surface area contributed by atoms with Gasteiger partial charge in [0.25, 0.3) is 0 Å². The third kappa shape index (κ3) is 6.42. The standard InChI is InChI=1S/C26H33NO3/c1-4-6-8-9-10-20-11-13-21(14-12-20)23-16-15-22(18-24(23)28)30-25(29)26(3,19-27)17-7-5-2/h11-16H,4-10,17-18H2,1-3H3. The average Bonchev–Trinajstić information content (AvgIpc) is 2.75. The number of hydrogen-bond acceptors (Lipinski definition) is 4. The van der Waals surface area contributed by atoms with Crippen molar-refractivity contribution in [2.75, 3.05) is 0 Å². The lowest BCUT2D eigenvalue weighted by Crippen LogP contribution is -2.29. The predicted octanol–water partition coefficient (Wildman–Crippen LogP) is 6.31. The topological polar surface area (TPSA) is 67.2 Å². The summed E-state index contributed by atoms with van der Waals surface area (Å²) in [5.41, 5.74) is 1.61. The summed E-state index contributed by atoms with van der Waals surface area (Å²) in [5, 5.41) is 9.41. The molecule has 0 spiro atoms. The Balaban J connectivity index is 2.03. The van der Waals surface area contributed by atoms with Gasteiger partial charge in [0.2, 0.25) is 0 Å². The number of nitrogens with zero attached hydrogens (tertiary/aromatic N) is 1. The molecule has 1 aromatic carbocycles. The fraction of sp³-hybridized carbons (Fsp3) is 0.500. The first kappa shape index (κ1) is 23.6. The highest BCUT2D eigenvalue weighted by Gasteiger charge is 2.35. The number of carbonyl (C=O) groups is 2. The molecule has 0 saturated carbocycles. The van der Waals surface area contributed by atoms with E-state index in [1.54, 1.807) is 19.1 Å². The van der Waals surface area contributed by atoms with E-state index in [9.17, 15) is 14.9 Å². The van der Waals surface area contributed by atoms with E-state index in [4.69, 9.17) is 4.74 Å². The van der Waals surface area contributed by atoms with Crippen LogP contribution < -0.4 is 0 Å². The first-order valence-corrected chi connectivity index (χ1v) is 11.1. The molecule has 1 aliphatic rings. The molecule has 0 radical (unpaired) electrons. The van der Waals surface area contributed by atoms with Crippen LogP contribution in [-0.4, -0.2) is 11.8 Å². The summed E-state index contributed by atoms with van der Waals surface area (Å²) < 4.78 is 5.42. The van der Waals surface area contributed by atoms with E-state index in [0.29, 0.717) is 17.8 Å². The number of benzene rings is 1. The number of ketones is 1. The second kappa shape index (κ2) is 11.5. The molecule has 30 heavy (non-hydrogen) atoms. The fourth-order valence-corrected chi connectivity index (χ4v) is 3.48. The normalized spacial score (nSPS) is 15.6. The van der Waals surface area contributed by atoms with Crippen molar-refractivity contribution in [2.45, 2.75) is 78.6 Å². The maximum absolute atomic E-state index is 12.6. The molecule has 0 N–H and O–H groups in total. The van der Waals surface area contributed by atoms with Crippen molar-refractivity contribution in [1.29, 1.82) is 5.26 Å². The number of rotatable bonds is 11. The zero-order valence-electron chi connectivity index (χ0n) is 18.5. The molecule has 0 amide bonds. The minimum Gasteiger partial charge on any atom is -0.429 e.